The molecule has 1 N–H and O–H groups in total. The molecule has 0 unspecified atom stereocenters. The minimum atomic E-state index is -0.455. The summed E-state index contributed by atoms with van der Waals surface area (Å²) in [6.45, 7) is 0.370. The lowest BCUT2D eigenvalue weighted by molar-refractivity contribution is 0.0956. The van der Waals surface area contributed by atoms with Gasteiger partial charge >= 0.3 is 0 Å². The van der Waals surface area contributed by atoms with E-state index in [0.717, 1.165) is 0 Å². The molecule has 1 rings (SSSR count). The zero-order valence-electron chi connectivity index (χ0n) is 8.34. The molecule has 0 aromatic heterocycles. The molecule has 0 saturated heterocycles. The summed E-state index contributed by atoms with van der Waals surface area (Å²) in [6.07, 6.45) is 3.46. The number of benzene rings is 1. The molecule has 0 radical (unpaired) electrons. The first-order valence-corrected chi connectivity index (χ1v) is 5.92. The predicted molar refractivity (Wildman–Crippen MR) is 66.3 cm³/mol. The van der Waals surface area contributed by atoms with Crippen molar-refractivity contribution < 1.29 is 9.18 Å². The van der Waals surface area contributed by atoms with E-state index >= 15 is 0 Å². The Labute approximate surface area is 107 Å². The number of carbonyl (C=O) groups excluding carboxylic acids is 1. The Morgan fingerprint density at radius 3 is 2.94 bits per heavy atom. The molecule has 0 atom stereocenters. The van der Waals surface area contributed by atoms with E-state index in [-0.39, 0.29) is 15.9 Å². The fraction of sp³-hybridized carbons (Fsp3) is 0.182. The van der Waals surface area contributed by atoms with E-state index in [4.69, 9.17) is 11.6 Å². The van der Waals surface area contributed by atoms with E-state index in [0.29, 0.717) is 12.4 Å². The Kier molecular flexibility index (Phi) is 5.49. The first kappa shape index (κ1) is 13.2. The Bertz CT molecular complexity index is 409. The largest absolute Gasteiger partial charge is 0.349 e. The summed E-state index contributed by atoms with van der Waals surface area (Å²) in [4.78, 5) is 11.6. The van der Waals surface area contributed by atoms with E-state index < -0.39 is 5.82 Å². The average molecular weight is 307 g/mol. The third kappa shape index (κ3) is 3.61. The van der Waals surface area contributed by atoms with E-state index in [9.17, 15) is 9.18 Å². The van der Waals surface area contributed by atoms with E-state index in [1.807, 2.05) is 0 Å². The number of rotatable bonds is 4. The van der Waals surface area contributed by atoms with Crippen molar-refractivity contribution in [3.63, 3.8) is 0 Å². The summed E-state index contributed by atoms with van der Waals surface area (Å²) in [7, 11) is 0. The van der Waals surface area contributed by atoms with Crippen LogP contribution in [-0.2, 0) is 0 Å². The first-order valence-electron chi connectivity index (χ1n) is 4.60. The Balaban J connectivity index is 2.66. The van der Waals surface area contributed by atoms with Crippen LogP contribution in [0.2, 0.25) is 0 Å². The maximum absolute atomic E-state index is 13.1. The third-order valence-electron chi connectivity index (χ3n) is 1.83. The number of nitrogens with one attached hydrogen (secondary N) is 1. The highest BCUT2D eigenvalue weighted by molar-refractivity contribution is 9.10. The van der Waals surface area contributed by atoms with Crippen molar-refractivity contribution in [1.29, 1.82) is 0 Å². The molecule has 16 heavy (non-hydrogen) atoms. The summed E-state index contributed by atoms with van der Waals surface area (Å²) in [6, 6.07) is 4.33. The summed E-state index contributed by atoms with van der Waals surface area (Å²) in [5, 5.41) is 2.62. The summed E-state index contributed by atoms with van der Waals surface area (Å²) < 4.78 is 13.3. The Hall–Kier alpha value is -0.870. The van der Waals surface area contributed by atoms with Gasteiger partial charge in [0.2, 0.25) is 0 Å². The molecule has 0 spiro atoms. The Morgan fingerprint density at radius 2 is 2.25 bits per heavy atom. The maximum atomic E-state index is 13.1. The lowest BCUT2D eigenvalue weighted by Gasteiger charge is -2.05. The topological polar surface area (TPSA) is 29.1 Å². The molecule has 0 heterocycles. The van der Waals surface area contributed by atoms with Gasteiger partial charge in [-0.2, -0.15) is 0 Å². The van der Waals surface area contributed by atoms with Crippen molar-refractivity contribution >= 4 is 33.4 Å². The zero-order chi connectivity index (χ0) is 12.0. The Morgan fingerprint density at radius 1 is 1.50 bits per heavy atom. The number of carbonyl (C=O) groups is 1. The zero-order valence-corrected chi connectivity index (χ0v) is 10.7. The highest BCUT2D eigenvalue weighted by Gasteiger charge is 2.11. The molecule has 0 bridgehead atoms. The molecule has 0 fully saturated rings. The second-order valence-electron chi connectivity index (χ2n) is 2.94. The van der Waals surface area contributed by atoms with Crippen LogP contribution >= 0.6 is 27.5 Å². The van der Waals surface area contributed by atoms with E-state index in [1.165, 1.54) is 12.1 Å². The van der Waals surface area contributed by atoms with Crippen LogP contribution in [0.3, 0.4) is 0 Å². The molecule has 0 aliphatic rings. The number of halogens is 3. The fourth-order valence-corrected chi connectivity index (χ4v) is 1.64. The van der Waals surface area contributed by atoms with Gasteiger partial charge < -0.3 is 5.32 Å². The standard InChI is InChI=1S/C11H10BrClFNO/c12-10-8(4-3-5-9(10)14)11(16)15-7-2-1-6-13/h1-5H,6-7H2,(H,15,16)/b2-1+. The molecule has 86 valence electrons. The average Bonchev–Trinajstić information content (AvgIpc) is 2.28. The fourth-order valence-electron chi connectivity index (χ4n) is 1.07. The van der Waals surface area contributed by atoms with Crippen LogP contribution in [0.4, 0.5) is 4.39 Å². The SMILES string of the molecule is O=C(NC/C=C/CCl)c1cccc(F)c1Br. The van der Waals surface area contributed by atoms with Crippen molar-refractivity contribution in [3.05, 3.63) is 46.2 Å². The second kappa shape index (κ2) is 6.66. The van der Waals surface area contributed by atoms with Gasteiger partial charge in [-0.05, 0) is 28.1 Å². The monoisotopic (exact) mass is 305 g/mol. The minimum absolute atomic E-state index is 0.175. The summed E-state index contributed by atoms with van der Waals surface area (Å²) in [5.41, 5.74) is 0.277. The predicted octanol–water partition coefficient (Wildman–Crippen LogP) is 3.11. The minimum Gasteiger partial charge on any atom is -0.349 e. The van der Waals surface area contributed by atoms with Crippen LogP contribution in [0.25, 0.3) is 0 Å². The third-order valence-corrected chi connectivity index (χ3v) is 2.82. The molecule has 0 aliphatic carbocycles. The number of hydrogen-bond donors (Lipinski definition) is 1. The lowest BCUT2D eigenvalue weighted by atomic mass is 10.2. The van der Waals surface area contributed by atoms with Crippen molar-refractivity contribution in [1.82, 2.24) is 5.32 Å². The van der Waals surface area contributed by atoms with Gasteiger partial charge in [0.1, 0.15) is 5.82 Å². The van der Waals surface area contributed by atoms with Crippen molar-refractivity contribution in [2.24, 2.45) is 0 Å². The number of alkyl halides is 1. The molecule has 2 nitrogen and oxygen atoms in total. The van der Waals surface area contributed by atoms with Crippen molar-refractivity contribution in [2.75, 3.05) is 12.4 Å². The summed E-state index contributed by atoms with van der Waals surface area (Å²) in [5.74, 6) is -0.381. The van der Waals surface area contributed by atoms with E-state index in [2.05, 4.69) is 21.2 Å². The van der Waals surface area contributed by atoms with Gasteiger partial charge in [0.25, 0.3) is 5.91 Å². The normalized spacial score (nSPS) is 10.7. The van der Waals surface area contributed by atoms with Crippen molar-refractivity contribution in [3.8, 4) is 0 Å². The van der Waals surface area contributed by atoms with Gasteiger partial charge in [-0.15, -0.1) is 11.6 Å². The maximum Gasteiger partial charge on any atom is 0.252 e. The molecule has 0 saturated carbocycles. The van der Waals surface area contributed by atoms with Gasteiger partial charge in [-0.25, -0.2) is 4.39 Å². The molecular formula is C11H10BrClFNO. The molecule has 0 aliphatic heterocycles. The van der Waals surface area contributed by atoms with Gasteiger partial charge in [0.05, 0.1) is 10.0 Å². The van der Waals surface area contributed by atoms with Crippen LogP contribution in [-0.4, -0.2) is 18.3 Å². The summed E-state index contributed by atoms with van der Waals surface area (Å²) >= 11 is 8.45. The quantitative estimate of drug-likeness (QED) is 0.672. The lowest BCUT2D eigenvalue weighted by Crippen LogP contribution is -2.23. The smallest absolute Gasteiger partial charge is 0.252 e. The number of hydrogen-bond acceptors (Lipinski definition) is 1. The van der Waals surface area contributed by atoms with Gasteiger partial charge in [0.15, 0.2) is 0 Å². The van der Waals surface area contributed by atoms with Gasteiger partial charge in [0, 0.05) is 12.4 Å². The molecular weight excluding hydrogens is 296 g/mol. The van der Waals surface area contributed by atoms with Gasteiger partial charge in [-0.3, -0.25) is 4.79 Å². The van der Waals surface area contributed by atoms with Crippen molar-refractivity contribution in [2.45, 2.75) is 0 Å². The van der Waals surface area contributed by atoms with Crippen LogP contribution < -0.4 is 5.32 Å². The molecule has 5 heteroatoms. The number of amides is 1. The molecule has 1 amide bonds. The van der Waals surface area contributed by atoms with Gasteiger partial charge in [-0.1, -0.05) is 18.2 Å². The van der Waals surface area contributed by atoms with Crippen LogP contribution in [0, 0.1) is 5.82 Å². The van der Waals surface area contributed by atoms with Crippen LogP contribution in [0.5, 0.6) is 0 Å². The second-order valence-corrected chi connectivity index (χ2v) is 4.04. The highest BCUT2D eigenvalue weighted by atomic mass is 79.9. The van der Waals surface area contributed by atoms with Crippen LogP contribution in [0.15, 0.2) is 34.8 Å². The van der Waals surface area contributed by atoms with Crippen LogP contribution in [0.1, 0.15) is 10.4 Å². The van der Waals surface area contributed by atoms with E-state index in [1.54, 1.807) is 18.2 Å². The number of allylic oxidation sites excluding steroid dienone is 1. The highest BCUT2D eigenvalue weighted by Crippen LogP contribution is 2.19. The molecule has 1 aromatic carbocycles. The first-order chi connectivity index (χ1) is 7.66. The molecule has 1 aromatic rings.